The zero-order valence-corrected chi connectivity index (χ0v) is 10.8. The van der Waals surface area contributed by atoms with E-state index in [0.717, 1.165) is 17.1 Å². The van der Waals surface area contributed by atoms with Crippen molar-refractivity contribution in [3.63, 3.8) is 0 Å². The molecule has 1 heterocycles. The second-order valence-electron chi connectivity index (χ2n) is 4.40. The Morgan fingerprint density at radius 2 is 1.55 bits per heavy atom. The van der Waals surface area contributed by atoms with Crippen molar-refractivity contribution in [2.75, 3.05) is 12.4 Å². The first-order valence-electron chi connectivity index (χ1n) is 6.08. The minimum Gasteiger partial charge on any atom is -0.497 e. The maximum Gasteiger partial charge on any atom is 0.259 e. The SMILES string of the molecule is COc1ccc(Nc2ccc3c(c2)C(=O)NC3=O)cc1. The Bertz CT molecular complexity index is 693. The van der Waals surface area contributed by atoms with Gasteiger partial charge in [0.25, 0.3) is 11.8 Å². The fraction of sp³-hybridized carbons (Fsp3) is 0.0667. The van der Waals surface area contributed by atoms with Crippen LogP contribution in [0.3, 0.4) is 0 Å². The molecule has 5 heteroatoms. The van der Waals surface area contributed by atoms with Gasteiger partial charge in [-0.2, -0.15) is 0 Å². The zero-order valence-electron chi connectivity index (χ0n) is 10.8. The minimum absolute atomic E-state index is 0.346. The normalized spacial score (nSPS) is 12.8. The molecule has 0 unspecified atom stereocenters. The lowest BCUT2D eigenvalue weighted by Gasteiger charge is -2.08. The van der Waals surface area contributed by atoms with E-state index < -0.39 is 0 Å². The fourth-order valence-electron chi connectivity index (χ4n) is 2.09. The summed E-state index contributed by atoms with van der Waals surface area (Å²) in [4.78, 5) is 23.0. The molecule has 1 aliphatic heterocycles. The zero-order chi connectivity index (χ0) is 14.1. The Kier molecular flexibility index (Phi) is 2.87. The molecule has 3 rings (SSSR count). The Hall–Kier alpha value is -2.82. The van der Waals surface area contributed by atoms with E-state index in [0.29, 0.717) is 11.1 Å². The third-order valence-electron chi connectivity index (χ3n) is 3.11. The molecule has 5 nitrogen and oxygen atoms in total. The van der Waals surface area contributed by atoms with Crippen molar-refractivity contribution in [2.24, 2.45) is 0 Å². The number of nitrogens with one attached hydrogen (secondary N) is 2. The highest BCUT2D eigenvalue weighted by Crippen LogP contribution is 2.24. The monoisotopic (exact) mass is 268 g/mol. The lowest BCUT2D eigenvalue weighted by atomic mass is 10.1. The number of amides is 2. The first-order chi connectivity index (χ1) is 9.67. The van der Waals surface area contributed by atoms with Crippen LogP contribution in [0.25, 0.3) is 0 Å². The summed E-state index contributed by atoms with van der Waals surface area (Å²) in [5.41, 5.74) is 2.43. The van der Waals surface area contributed by atoms with Crippen molar-refractivity contribution in [2.45, 2.75) is 0 Å². The number of ether oxygens (including phenoxy) is 1. The predicted molar refractivity (Wildman–Crippen MR) is 74.5 cm³/mol. The van der Waals surface area contributed by atoms with Crippen molar-refractivity contribution in [3.8, 4) is 5.75 Å². The maximum absolute atomic E-state index is 11.6. The maximum atomic E-state index is 11.6. The summed E-state index contributed by atoms with van der Waals surface area (Å²) in [6.45, 7) is 0. The molecule has 0 spiro atoms. The number of methoxy groups -OCH3 is 1. The molecule has 0 bridgehead atoms. The molecule has 20 heavy (non-hydrogen) atoms. The van der Waals surface area contributed by atoms with E-state index in [-0.39, 0.29) is 11.8 Å². The van der Waals surface area contributed by atoms with Gasteiger partial charge in [-0.25, -0.2) is 0 Å². The van der Waals surface area contributed by atoms with Gasteiger partial charge >= 0.3 is 0 Å². The Morgan fingerprint density at radius 3 is 2.25 bits per heavy atom. The lowest BCUT2D eigenvalue weighted by molar-refractivity contribution is 0.0879. The van der Waals surface area contributed by atoms with E-state index in [1.54, 1.807) is 25.3 Å². The lowest BCUT2D eigenvalue weighted by Crippen LogP contribution is -2.19. The molecular weight excluding hydrogens is 256 g/mol. The largest absolute Gasteiger partial charge is 0.497 e. The number of rotatable bonds is 3. The van der Waals surface area contributed by atoms with Crippen molar-refractivity contribution < 1.29 is 14.3 Å². The topological polar surface area (TPSA) is 67.4 Å². The molecule has 0 aliphatic carbocycles. The van der Waals surface area contributed by atoms with Gasteiger partial charge in [0.2, 0.25) is 0 Å². The Balaban J connectivity index is 1.86. The van der Waals surface area contributed by atoms with Gasteiger partial charge in [0.1, 0.15) is 5.75 Å². The number of hydrogen-bond acceptors (Lipinski definition) is 4. The molecule has 0 radical (unpaired) electrons. The number of imide groups is 1. The van der Waals surface area contributed by atoms with Gasteiger partial charge in [0.05, 0.1) is 18.2 Å². The fourth-order valence-corrected chi connectivity index (χ4v) is 2.09. The quantitative estimate of drug-likeness (QED) is 0.838. The van der Waals surface area contributed by atoms with E-state index >= 15 is 0 Å². The number of benzene rings is 2. The van der Waals surface area contributed by atoms with Gasteiger partial charge in [-0.1, -0.05) is 0 Å². The first kappa shape index (κ1) is 12.2. The number of fused-ring (bicyclic) bond motifs is 1. The average molecular weight is 268 g/mol. The highest BCUT2D eigenvalue weighted by Gasteiger charge is 2.26. The van der Waals surface area contributed by atoms with Crippen LogP contribution in [0, 0.1) is 0 Å². The molecular formula is C15H12N2O3. The van der Waals surface area contributed by atoms with Crippen molar-refractivity contribution in [1.82, 2.24) is 5.32 Å². The molecule has 2 aromatic rings. The van der Waals surface area contributed by atoms with E-state index in [1.165, 1.54) is 0 Å². The van der Waals surface area contributed by atoms with Crippen LogP contribution in [0.15, 0.2) is 42.5 Å². The summed E-state index contributed by atoms with van der Waals surface area (Å²) in [5.74, 6) is 0.0684. The van der Waals surface area contributed by atoms with Gasteiger partial charge in [-0.15, -0.1) is 0 Å². The van der Waals surface area contributed by atoms with Gasteiger partial charge in [-0.3, -0.25) is 14.9 Å². The van der Waals surface area contributed by atoms with Gasteiger partial charge in [0, 0.05) is 11.4 Å². The molecule has 0 fully saturated rings. The van der Waals surface area contributed by atoms with Crippen LogP contribution in [0.5, 0.6) is 5.75 Å². The molecule has 2 aromatic carbocycles. The smallest absolute Gasteiger partial charge is 0.259 e. The summed E-state index contributed by atoms with van der Waals surface area (Å²) in [6, 6.07) is 12.5. The summed E-state index contributed by atoms with van der Waals surface area (Å²) in [5, 5.41) is 5.44. The van der Waals surface area contributed by atoms with Crippen LogP contribution in [-0.4, -0.2) is 18.9 Å². The average Bonchev–Trinajstić information content (AvgIpc) is 2.75. The molecule has 100 valence electrons. The third-order valence-corrected chi connectivity index (χ3v) is 3.11. The highest BCUT2D eigenvalue weighted by atomic mass is 16.5. The first-order valence-corrected chi connectivity index (χ1v) is 6.08. The molecule has 2 N–H and O–H groups in total. The van der Waals surface area contributed by atoms with Gasteiger partial charge < -0.3 is 10.1 Å². The van der Waals surface area contributed by atoms with Crippen LogP contribution in [0.2, 0.25) is 0 Å². The second kappa shape index (κ2) is 4.70. The Morgan fingerprint density at radius 1 is 0.900 bits per heavy atom. The molecule has 0 aromatic heterocycles. The molecule has 1 aliphatic rings. The van der Waals surface area contributed by atoms with E-state index in [4.69, 9.17) is 4.74 Å². The van der Waals surface area contributed by atoms with Crippen molar-refractivity contribution in [3.05, 3.63) is 53.6 Å². The third kappa shape index (κ3) is 2.09. The van der Waals surface area contributed by atoms with Gasteiger partial charge in [0.15, 0.2) is 0 Å². The summed E-state index contributed by atoms with van der Waals surface area (Å²) >= 11 is 0. The number of hydrogen-bond donors (Lipinski definition) is 2. The molecule has 2 amide bonds. The predicted octanol–water partition coefficient (Wildman–Crippen LogP) is 2.32. The van der Waals surface area contributed by atoms with Crippen LogP contribution in [-0.2, 0) is 0 Å². The van der Waals surface area contributed by atoms with Crippen LogP contribution < -0.4 is 15.4 Å². The number of carbonyl (C=O) groups excluding carboxylic acids is 2. The highest BCUT2D eigenvalue weighted by molar-refractivity contribution is 6.21. The standard InChI is InChI=1S/C15H12N2O3/c1-20-11-5-2-9(3-6-11)16-10-4-7-12-13(8-10)15(19)17-14(12)18/h2-8,16H,1H3,(H,17,18,19). The van der Waals surface area contributed by atoms with Crippen LogP contribution >= 0.6 is 0 Å². The van der Waals surface area contributed by atoms with E-state index in [1.807, 2.05) is 24.3 Å². The summed E-state index contributed by atoms with van der Waals surface area (Å²) < 4.78 is 5.09. The molecule has 0 saturated heterocycles. The Labute approximate surface area is 115 Å². The molecule has 0 saturated carbocycles. The molecule has 0 atom stereocenters. The summed E-state index contributed by atoms with van der Waals surface area (Å²) in [7, 11) is 1.61. The second-order valence-corrected chi connectivity index (χ2v) is 4.40. The van der Waals surface area contributed by atoms with Gasteiger partial charge in [-0.05, 0) is 42.5 Å². The van der Waals surface area contributed by atoms with Crippen molar-refractivity contribution >= 4 is 23.2 Å². The minimum atomic E-state index is -0.358. The number of carbonyl (C=O) groups is 2. The summed E-state index contributed by atoms with van der Waals surface area (Å²) in [6.07, 6.45) is 0. The van der Waals surface area contributed by atoms with E-state index in [2.05, 4.69) is 10.6 Å². The number of anilines is 2. The van der Waals surface area contributed by atoms with Crippen LogP contribution in [0.4, 0.5) is 11.4 Å². The van der Waals surface area contributed by atoms with Crippen molar-refractivity contribution in [1.29, 1.82) is 0 Å². The van der Waals surface area contributed by atoms with Crippen LogP contribution in [0.1, 0.15) is 20.7 Å². The van der Waals surface area contributed by atoms with E-state index in [9.17, 15) is 9.59 Å².